The molecule has 2 amide bonds. The van der Waals surface area contributed by atoms with Crippen molar-refractivity contribution in [3.8, 4) is 0 Å². The second-order valence-corrected chi connectivity index (χ2v) is 6.03. The summed E-state index contributed by atoms with van der Waals surface area (Å²) in [7, 11) is 0. The third kappa shape index (κ3) is 3.48. The van der Waals surface area contributed by atoms with Crippen molar-refractivity contribution in [3.05, 3.63) is 51.3 Å². The number of hydrogen-bond acceptors (Lipinski definition) is 4. The number of aromatic amines is 1. The highest BCUT2D eigenvalue weighted by Gasteiger charge is 2.25. The summed E-state index contributed by atoms with van der Waals surface area (Å²) < 4.78 is 0. The van der Waals surface area contributed by atoms with Crippen molar-refractivity contribution in [2.45, 2.75) is 18.8 Å². The van der Waals surface area contributed by atoms with E-state index in [1.807, 2.05) is 6.07 Å². The van der Waals surface area contributed by atoms with Crippen LogP contribution in [-0.2, 0) is 0 Å². The normalized spacial score (nSPS) is 15.3. The maximum absolute atomic E-state index is 12.3. The number of nitrogens with one attached hydrogen (secondary N) is 2. The molecule has 24 heavy (non-hydrogen) atoms. The molecule has 8 nitrogen and oxygen atoms in total. The lowest BCUT2D eigenvalue weighted by molar-refractivity contribution is -0.384. The average Bonchev–Trinajstić information content (AvgIpc) is 3.11. The number of aromatic nitrogens is 2. The number of likely N-dealkylation sites (tertiary alicyclic amines) is 1. The summed E-state index contributed by atoms with van der Waals surface area (Å²) in [5, 5.41) is 20.5. The van der Waals surface area contributed by atoms with Crippen LogP contribution in [-0.4, -0.2) is 39.1 Å². The van der Waals surface area contributed by atoms with Gasteiger partial charge in [-0.3, -0.25) is 15.2 Å². The Labute approximate surface area is 142 Å². The van der Waals surface area contributed by atoms with Gasteiger partial charge in [-0.1, -0.05) is 11.6 Å². The molecule has 1 aliphatic rings. The first-order valence-electron chi connectivity index (χ1n) is 7.53. The van der Waals surface area contributed by atoms with Crippen molar-refractivity contribution in [2.24, 2.45) is 0 Å². The lowest BCUT2D eigenvalue weighted by Gasteiger charge is -2.31. The molecule has 0 atom stereocenters. The quantitative estimate of drug-likeness (QED) is 0.654. The molecule has 2 N–H and O–H groups in total. The van der Waals surface area contributed by atoms with Gasteiger partial charge >= 0.3 is 6.03 Å². The van der Waals surface area contributed by atoms with Crippen molar-refractivity contribution in [3.63, 3.8) is 0 Å². The number of carbonyl (C=O) groups excluding carboxylic acids is 1. The fraction of sp³-hybridized carbons (Fsp3) is 0.333. The Morgan fingerprint density at radius 1 is 1.38 bits per heavy atom. The lowest BCUT2D eigenvalue weighted by atomic mass is 9.94. The summed E-state index contributed by atoms with van der Waals surface area (Å²) >= 11 is 5.77. The van der Waals surface area contributed by atoms with Gasteiger partial charge in [0.15, 0.2) is 0 Å². The van der Waals surface area contributed by atoms with Crippen LogP contribution in [0, 0.1) is 10.1 Å². The number of urea groups is 1. The van der Waals surface area contributed by atoms with Crippen LogP contribution >= 0.6 is 11.6 Å². The summed E-state index contributed by atoms with van der Waals surface area (Å²) in [5.74, 6) is 0.369. The van der Waals surface area contributed by atoms with Crippen LogP contribution in [0.4, 0.5) is 16.2 Å². The maximum Gasteiger partial charge on any atom is 0.321 e. The Balaban J connectivity index is 1.60. The lowest BCUT2D eigenvalue weighted by Crippen LogP contribution is -2.40. The molecule has 1 saturated heterocycles. The Morgan fingerprint density at radius 3 is 2.75 bits per heavy atom. The van der Waals surface area contributed by atoms with E-state index in [2.05, 4.69) is 15.5 Å². The van der Waals surface area contributed by atoms with Gasteiger partial charge in [-0.25, -0.2) is 4.79 Å². The number of hydrogen-bond donors (Lipinski definition) is 2. The van der Waals surface area contributed by atoms with Crippen molar-refractivity contribution >= 4 is 29.0 Å². The number of halogens is 1. The molecule has 0 spiro atoms. The molecule has 0 bridgehead atoms. The maximum atomic E-state index is 12.3. The van der Waals surface area contributed by atoms with E-state index in [-0.39, 0.29) is 16.7 Å². The van der Waals surface area contributed by atoms with E-state index >= 15 is 0 Å². The van der Waals surface area contributed by atoms with Crippen LogP contribution in [0.3, 0.4) is 0 Å². The minimum Gasteiger partial charge on any atom is -0.324 e. The van der Waals surface area contributed by atoms with E-state index in [9.17, 15) is 14.9 Å². The average molecular weight is 350 g/mol. The van der Waals surface area contributed by atoms with Gasteiger partial charge in [-0.05, 0) is 31.0 Å². The van der Waals surface area contributed by atoms with Crippen molar-refractivity contribution < 1.29 is 9.72 Å². The van der Waals surface area contributed by atoms with Crippen LogP contribution in [0.2, 0.25) is 5.02 Å². The monoisotopic (exact) mass is 349 g/mol. The first-order chi connectivity index (χ1) is 11.5. The Kier molecular flexibility index (Phi) is 4.66. The molecule has 0 unspecified atom stereocenters. The third-order valence-electron chi connectivity index (χ3n) is 4.14. The molecular weight excluding hydrogens is 334 g/mol. The Bertz CT molecular complexity index is 742. The molecule has 1 aromatic heterocycles. The molecule has 2 aromatic rings. The van der Waals surface area contributed by atoms with E-state index < -0.39 is 4.92 Å². The zero-order valence-corrected chi connectivity index (χ0v) is 13.5. The molecule has 0 saturated carbocycles. The minimum atomic E-state index is -0.576. The summed E-state index contributed by atoms with van der Waals surface area (Å²) in [6.07, 6.45) is 3.41. The van der Waals surface area contributed by atoms with Crippen LogP contribution in [0.5, 0.6) is 0 Å². The van der Waals surface area contributed by atoms with Crippen molar-refractivity contribution in [2.75, 3.05) is 18.4 Å². The second kappa shape index (κ2) is 6.88. The Morgan fingerprint density at radius 2 is 2.12 bits per heavy atom. The van der Waals surface area contributed by atoms with Crippen LogP contribution in [0.1, 0.15) is 24.5 Å². The summed E-state index contributed by atoms with van der Waals surface area (Å²) in [6.45, 7) is 1.23. The fourth-order valence-electron chi connectivity index (χ4n) is 2.82. The van der Waals surface area contributed by atoms with Gasteiger partial charge in [0, 0.05) is 42.7 Å². The molecule has 1 aliphatic heterocycles. The zero-order chi connectivity index (χ0) is 17.1. The standard InChI is InChI=1S/C15H16ClN5O3/c16-12-2-1-11(9-14(12)21(23)24)18-15(22)20-7-4-10(5-8-20)13-3-6-17-19-13/h1-3,6,9-10H,4-5,7-8H2,(H,17,19)(H,18,22). The molecule has 1 fully saturated rings. The van der Waals surface area contributed by atoms with Crippen molar-refractivity contribution in [1.82, 2.24) is 15.1 Å². The molecule has 9 heteroatoms. The van der Waals surface area contributed by atoms with Gasteiger partial charge in [0.05, 0.1) is 4.92 Å². The summed E-state index contributed by atoms with van der Waals surface area (Å²) in [5.41, 5.74) is 1.21. The van der Waals surface area contributed by atoms with E-state index in [4.69, 9.17) is 11.6 Å². The first kappa shape index (κ1) is 16.3. The van der Waals surface area contributed by atoms with E-state index in [0.29, 0.717) is 24.7 Å². The van der Waals surface area contributed by atoms with Gasteiger partial charge in [-0.15, -0.1) is 0 Å². The number of piperidine rings is 1. The molecule has 1 aromatic carbocycles. The number of nitro groups is 1. The van der Waals surface area contributed by atoms with Gasteiger partial charge in [0.1, 0.15) is 5.02 Å². The molecule has 2 heterocycles. The number of nitrogens with zero attached hydrogens (tertiary/aromatic N) is 3. The highest BCUT2D eigenvalue weighted by Crippen LogP contribution is 2.29. The van der Waals surface area contributed by atoms with Crippen LogP contribution in [0.25, 0.3) is 0 Å². The Hall–Kier alpha value is -2.61. The minimum absolute atomic E-state index is 0.0402. The van der Waals surface area contributed by atoms with Gasteiger partial charge in [0.2, 0.25) is 0 Å². The first-order valence-corrected chi connectivity index (χ1v) is 7.91. The van der Waals surface area contributed by atoms with Gasteiger partial charge in [0.25, 0.3) is 5.69 Å². The number of benzene rings is 1. The van der Waals surface area contributed by atoms with Crippen LogP contribution < -0.4 is 5.32 Å². The molecule has 0 aliphatic carbocycles. The van der Waals surface area contributed by atoms with E-state index in [0.717, 1.165) is 18.5 Å². The SMILES string of the molecule is O=C(Nc1ccc(Cl)c([N+](=O)[O-])c1)N1CCC(c2ccn[nH]2)CC1. The third-order valence-corrected chi connectivity index (χ3v) is 4.46. The number of H-pyrrole nitrogens is 1. The smallest absolute Gasteiger partial charge is 0.321 e. The van der Waals surface area contributed by atoms with E-state index in [1.54, 1.807) is 17.2 Å². The number of nitro benzene ring substituents is 1. The number of rotatable bonds is 3. The predicted molar refractivity (Wildman–Crippen MR) is 89.3 cm³/mol. The largest absolute Gasteiger partial charge is 0.324 e. The zero-order valence-electron chi connectivity index (χ0n) is 12.7. The fourth-order valence-corrected chi connectivity index (χ4v) is 3.01. The highest BCUT2D eigenvalue weighted by atomic mass is 35.5. The van der Waals surface area contributed by atoms with Crippen LogP contribution in [0.15, 0.2) is 30.5 Å². The number of amides is 2. The van der Waals surface area contributed by atoms with Gasteiger partial charge in [-0.2, -0.15) is 5.10 Å². The van der Waals surface area contributed by atoms with E-state index in [1.165, 1.54) is 12.1 Å². The molecular formula is C15H16ClN5O3. The predicted octanol–water partition coefficient (Wildman–Crippen LogP) is 3.38. The molecule has 126 valence electrons. The summed E-state index contributed by atoms with van der Waals surface area (Å²) in [6, 6.07) is 5.89. The topological polar surface area (TPSA) is 104 Å². The number of anilines is 1. The second-order valence-electron chi connectivity index (χ2n) is 5.63. The molecule has 3 rings (SSSR count). The van der Waals surface area contributed by atoms with Crippen molar-refractivity contribution in [1.29, 1.82) is 0 Å². The molecule has 0 radical (unpaired) electrons. The number of carbonyl (C=O) groups is 1. The summed E-state index contributed by atoms with van der Waals surface area (Å²) in [4.78, 5) is 24.3. The highest BCUT2D eigenvalue weighted by molar-refractivity contribution is 6.32. The van der Waals surface area contributed by atoms with Gasteiger partial charge < -0.3 is 10.2 Å².